The molecule has 5 heteroatoms. The summed E-state index contributed by atoms with van der Waals surface area (Å²) < 4.78 is 0. The van der Waals surface area contributed by atoms with E-state index in [9.17, 15) is 9.59 Å². The van der Waals surface area contributed by atoms with Gasteiger partial charge in [-0.1, -0.05) is 30.3 Å². The van der Waals surface area contributed by atoms with E-state index in [0.717, 1.165) is 24.2 Å². The predicted octanol–water partition coefficient (Wildman–Crippen LogP) is 2.77. The van der Waals surface area contributed by atoms with Gasteiger partial charge in [0.05, 0.1) is 0 Å². The van der Waals surface area contributed by atoms with Crippen LogP contribution in [0.5, 0.6) is 0 Å². The first-order chi connectivity index (χ1) is 12.7. The van der Waals surface area contributed by atoms with Crippen molar-refractivity contribution < 1.29 is 9.59 Å². The van der Waals surface area contributed by atoms with Gasteiger partial charge < -0.3 is 15.5 Å². The number of nitrogens with one attached hydrogen (secondary N) is 2. The van der Waals surface area contributed by atoms with Crippen LogP contribution in [-0.2, 0) is 4.79 Å². The first-order valence-electron chi connectivity index (χ1n) is 8.76. The maximum absolute atomic E-state index is 12.4. The van der Waals surface area contributed by atoms with E-state index in [2.05, 4.69) is 10.6 Å². The molecule has 0 aliphatic carbocycles. The number of anilines is 1. The Kier molecular flexibility index (Phi) is 5.69. The lowest BCUT2D eigenvalue weighted by atomic mass is 10.1. The third-order valence-corrected chi connectivity index (χ3v) is 4.46. The zero-order valence-corrected chi connectivity index (χ0v) is 14.8. The van der Waals surface area contributed by atoms with E-state index in [1.54, 1.807) is 31.3 Å². The summed E-state index contributed by atoms with van der Waals surface area (Å²) in [6, 6.07) is 17.5. The van der Waals surface area contributed by atoms with E-state index in [1.165, 1.54) is 0 Å². The molecule has 0 radical (unpaired) electrons. The van der Waals surface area contributed by atoms with Crippen LogP contribution in [0.15, 0.2) is 60.7 Å². The summed E-state index contributed by atoms with van der Waals surface area (Å²) in [7, 11) is 1.60. The van der Waals surface area contributed by atoms with Crippen molar-refractivity contribution in [3.63, 3.8) is 0 Å². The average Bonchev–Trinajstić information content (AvgIpc) is 3.15. The molecule has 2 aromatic carbocycles. The molecule has 1 aliphatic rings. The van der Waals surface area contributed by atoms with Gasteiger partial charge in [-0.05, 0) is 42.3 Å². The SMILES string of the molecule is CNC(=O)c1ccc(/C=C/C(=O)N2CCC(Nc3ccccc3)C2)cc1. The third kappa shape index (κ3) is 4.51. The Morgan fingerprint density at radius 2 is 1.81 bits per heavy atom. The van der Waals surface area contributed by atoms with Gasteiger partial charge in [-0.15, -0.1) is 0 Å². The molecule has 1 unspecified atom stereocenters. The number of carbonyl (C=O) groups excluding carboxylic acids is 2. The summed E-state index contributed by atoms with van der Waals surface area (Å²) in [5.41, 5.74) is 2.58. The second-order valence-corrected chi connectivity index (χ2v) is 6.31. The van der Waals surface area contributed by atoms with Crippen LogP contribution >= 0.6 is 0 Å². The van der Waals surface area contributed by atoms with E-state index in [1.807, 2.05) is 47.4 Å². The van der Waals surface area contributed by atoms with Crippen LogP contribution in [0.1, 0.15) is 22.3 Å². The number of benzene rings is 2. The quantitative estimate of drug-likeness (QED) is 0.816. The Balaban J connectivity index is 1.53. The van der Waals surface area contributed by atoms with Crippen LogP contribution < -0.4 is 10.6 Å². The Morgan fingerprint density at radius 3 is 2.50 bits per heavy atom. The average molecular weight is 349 g/mol. The van der Waals surface area contributed by atoms with Crippen LogP contribution in [0.4, 0.5) is 5.69 Å². The topological polar surface area (TPSA) is 61.4 Å². The van der Waals surface area contributed by atoms with Crippen molar-refractivity contribution in [1.82, 2.24) is 10.2 Å². The molecule has 134 valence electrons. The van der Waals surface area contributed by atoms with Gasteiger partial charge in [0, 0.05) is 43.5 Å². The minimum atomic E-state index is -0.120. The Morgan fingerprint density at radius 1 is 1.08 bits per heavy atom. The van der Waals surface area contributed by atoms with Crippen LogP contribution in [0.25, 0.3) is 6.08 Å². The van der Waals surface area contributed by atoms with Gasteiger partial charge in [-0.25, -0.2) is 0 Å². The van der Waals surface area contributed by atoms with Crippen molar-refractivity contribution in [2.45, 2.75) is 12.5 Å². The van der Waals surface area contributed by atoms with E-state index in [0.29, 0.717) is 12.1 Å². The molecule has 0 aromatic heterocycles. The number of amides is 2. The minimum Gasteiger partial charge on any atom is -0.380 e. The third-order valence-electron chi connectivity index (χ3n) is 4.46. The fourth-order valence-corrected chi connectivity index (χ4v) is 3.01. The van der Waals surface area contributed by atoms with Crippen LogP contribution in [0, 0.1) is 0 Å². The molecule has 1 heterocycles. The fraction of sp³-hybridized carbons (Fsp3) is 0.238. The first-order valence-corrected chi connectivity index (χ1v) is 8.76. The fourth-order valence-electron chi connectivity index (χ4n) is 3.01. The molecular weight excluding hydrogens is 326 g/mol. The number of para-hydroxylation sites is 1. The first kappa shape index (κ1) is 17.7. The van der Waals surface area contributed by atoms with Gasteiger partial charge in [-0.2, -0.15) is 0 Å². The Labute approximate surface area is 153 Å². The second kappa shape index (κ2) is 8.34. The molecule has 2 amide bonds. The standard InChI is InChI=1S/C21H23N3O2/c1-22-21(26)17-10-7-16(8-11-17)9-12-20(25)24-14-13-19(15-24)23-18-5-3-2-4-6-18/h2-12,19,23H,13-15H2,1H3,(H,22,26)/b12-9+. The molecule has 26 heavy (non-hydrogen) atoms. The highest BCUT2D eigenvalue weighted by Crippen LogP contribution is 2.16. The maximum atomic E-state index is 12.4. The van der Waals surface area contributed by atoms with Gasteiger partial charge in [0.1, 0.15) is 0 Å². The Bertz CT molecular complexity index is 785. The molecule has 2 aromatic rings. The summed E-state index contributed by atoms with van der Waals surface area (Å²) >= 11 is 0. The van der Waals surface area contributed by atoms with Gasteiger partial charge in [0.15, 0.2) is 0 Å². The molecule has 3 rings (SSSR count). The molecule has 1 aliphatic heterocycles. The lowest BCUT2D eigenvalue weighted by molar-refractivity contribution is -0.124. The molecule has 5 nitrogen and oxygen atoms in total. The molecule has 0 saturated carbocycles. The van der Waals surface area contributed by atoms with Gasteiger partial charge in [0.25, 0.3) is 5.91 Å². The van der Waals surface area contributed by atoms with Crippen molar-refractivity contribution in [3.05, 3.63) is 71.8 Å². The van der Waals surface area contributed by atoms with Gasteiger partial charge in [0.2, 0.25) is 5.91 Å². The highest BCUT2D eigenvalue weighted by atomic mass is 16.2. The highest BCUT2D eigenvalue weighted by molar-refractivity contribution is 5.95. The number of hydrogen-bond donors (Lipinski definition) is 2. The summed E-state index contributed by atoms with van der Waals surface area (Å²) in [5.74, 6) is -0.108. The summed E-state index contributed by atoms with van der Waals surface area (Å²) in [6.07, 6.45) is 4.32. The molecule has 1 atom stereocenters. The summed E-state index contributed by atoms with van der Waals surface area (Å²) in [5, 5.41) is 6.05. The minimum absolute atomic E-state index is 0.0118. The van der Waals surface area contributed by atoms with Crippen molar-refractivity contribution >= 4 is 23.6 Å². The van der Waals surface area contributed by atoms with Crippen molar-refractivity contribution in [2.24, 2.45) is 0 Å². The molecular formula is C21H23N3O2. The zero-order valence-electron chi connectivity index (χ0n) is 14.8. The van der Waals surface area contributed by atoms with Crippen molar-refractivity contribution in [1.29, 1.82) is 0 Å². The number of nitrogens with zero attached hydrogens (tertiary/aromatic N) is 1. The van der Waals surface area contributed by atoms with Crippen LogP contribution in [0.2, 0.25) is 0 Å². The van der Waals surface area contributed by atoms with Gasteiger partial charge >= 0.3 is 0 Å². The number of rotatable bonds is 5. The molecule has 1 saturated heterocycles. The Hall–Kier alpha value is -3.08. The second-order valence-electron chi connectivity index (χ2n) is 6.31. The van der Waals surface area contributed by atoms with E-state index < -0.39 is 0 Å². The summed E-state index contributed by atoms with van der Waals surface area (Å²) in [6.45, 7) is 1.46. The predicted molar refractivity (Wildman–Crippen MR) is 104 cm³/mol. The number of likely N-dealkylation sites (tertiary alicyclic amines) is 1. The molecule has 1 fully saturated rings. The molecule has 0 spiro atoms. The number of carbonyl (C=O) groups is 2. The van der Waals surface area contributed by atoms with Crippen LogP contribution in [0.3, 0.4) is 0 Å². The van der Waals surface area contributed by atoms with Crippen LogP contribution in [-0.4, -0.2) is 42.9 Å². The van der Waals surface area contributed by atoms with Crippen molar-refractivity contribution in [3.8, 4) is 0 Å². The van der Waals surface area contributed by atoms with E-state index >= 15 is 0 Å². The largest absolute Gasteiger partial charge is 0.380 e. The zero-order chi connectivity index (χ0) is 18.4. The van der Waals surface area contributed by atoms with Crippen molar-refractivity contribution in [2.75, 3.05) is 25.5 Å². The normalized spacial score (nSPS) is 16.7. The lowest BCUT2D eigenvalue weighted by Gasteiger charge is -2.16. The molecule has 0 bridgehead atoms. The summed E-state index contributed by atoms with van der Waals surface area (Å²) in [4.78, 5) is 25.8. The van der Waals surface area contributed by atoms with Gasteiger partial charge in [-0.3, -0.25) is 9.59 Å². The van der Waals surface area contributed by atoms with E-state index in [4.69, 9.17) is 0 Å². The lowest BCUT2D eigenvalue weighted by Crippen LogP contribution is -2.30. The number of hydrogen-bond acceptors (Lipinski definition) is 3. The van der Waals surface area contributed by atoms with E-state index in [-0.39, 0.29) is 17.9 Å². The smallest absolute Gasteiger partial charge is 0.251 e. The highest BCUT2D eigenvalue weighted by Gasteiger charge is 2.24. The monoisotopic (exact) mass is 349 g/mol. The maximum Gasteiger partial charge on any atom is 0.251 e. The molecule has 2 N–H and O–H groups in total.